The zero-order valence-electron chi connectivity index (χ0n) is 11.4. The van der Waals surface area contributed by atoms with Gasteiger partial charge in [0.15, 0.2) is 0 Å². The fourth-order valence-corrected chi connectivity index (χ4v) is 2.60. The van der Waals surface area contributed by atoms with E-state index in [1.165, 1.54) is 0 Å². The molecule has 5 heteroatoms. The van der Waals surface area contributed by atoms with Gasteiger partial charge in [0.05, 0.1) is 18.2 Å². The zero-order chi connectivity index (χ0) is 13.9. The number of ether oxygens (including phenoxy) is 1. The molecular weight excluding hydrogens is 244 g/mol. The van der Waals surface area contributed by atoms with Gasteiger partial charge < -0.3 is 9.84 Å². The monoisotopic (exact) mass is 264 g/mol. The third kappa shape index (κ3) is 2.87. The Morgan fingerprint density at radius 3 is 2.95 bits per heavy atom. The van der Waals surface area contributed by atoms with Crippen molar-refractivity contribution in [1.29, 1.82) is 0 Å². The highest BCUT2D eigenvalue weighted by molar-refractivity contribution is 5.75. The van der Waals surface area contributed by atoms with Gasteiger partial charge in [0, 0.05) is 19.2 Å². The van der Waals surface area contributed by atoms with Gasteiger partial charge in [-0.25, -0.2) is 4.98 Å². The second kappa shape index (κ2) is 5.57. The number of rotatable bonds is 5. The van der Waals surface area contributed by atoms with Crippen molar-refractivity contribution in [2.45, 2.75) is 26.3 Å². The Hall–Kier alpha value is -1.62. The number of aliphatic carboxylic acids is 1. The van der Waals surface area contributed by atoms with E-state index >= 15 is 0 Å². The van der Waals surface area contributed by atoms with Gasteiger partial charge in [-0.1, -0.05) is 13.0 Å². The smallest absolute Gasteiger partial charge is 0.310 e. The molecule has 1 unspecified atom stereocenters. The van der Waals surface area contributed by atoms with Crippen LogP contribution in [0.15, 0.2) is 18.2 Å². The van der Waals surface area contributed by atoms with Crippen LogP contribution in [0.2, 0.25) is 0 Å². The Balaban J connectivity index is 2.03. The maximum absolute atomic E-state index is 11.4. The minimum Gasteiger partial charge on any atom is -0.481 e. The summed E-state index contributed by atoms with van der Waals surface area (Å²) in [5.41, 5.74) is 0.329. The van der Waals surface area contributed by atoms with E-state index in [-0.39, 0.29) is 0 Å². The van der Waals surface area contributed by atoms with Gasteiger partial charge in [0.1, 0.15) is 0 Å². The summed E-state index contributed by atoms with van der Waals surface area (Å²) in [6.45, 7) is 4.02. The van der Waals surface area contributed by atoms with Crippen LogP contribution in [0, 0.1) is 5.41 Å². The number of methoxy groups -OCH3 is 1. The molecule has 0 saturated carbocycles. The van der Waals surface area contributed by atoms with Crippen LogP contribution in [0.25, 0.3) is 0 Å². The van der Waals surface area contributed by atoms with E-state index < -0.39 is 11.4 Å². The first kappa shape index (κ1) is 13.8. The number of carboxylic acids is 1. The van der Waals surface area contributed by atoms with Crippen LogP contribution in [0.5, 0.6) is 5.88 Å². The molecule has 19 heavy (non-hydrogen) atoms. The van der Waals surface area contributed by atoms with Crippen molar-refractivity contribution in [2.24, 2.45) is 5.41 Å². The third-order valence-electron chi connectivity index (χ3n) is 3.94. The minimum absolute atomic E-state index is 0.584. The molecule has 2 heterocycles. The SMILES string of the molecule is CCC1(C(=O)O)CCN(Cc2cccc(OC)n2)C1. The van der Waals surface area contributed by atoms with Gasteiger partial charge in [0.2, 0.25) is 5.88 Å². The van der Waals surface area contributed by atoms with E-state index in [1.54, 1.807) is 13.2 Å². The Morgan fingerprint density at radius 1 is 1.58 bits per heavy atom. The van der Waals surface area contributed by atoms with Gasteiger partial charge >= 0.3 is 5.97 Å². The van der Waals surface area contributed by atoms with Crippen LogP contribution in [0.3, 0.4) is 0 Å². The fraction of sp³-hybridized carbons (Fsp3) is 0.571. The van der Waals surface area contributed by atoms with Crippen LogP contribution in [0.4, 0.5) is 0 Å². The van der Waals surface area contributed by atoms with E-state index in [9.17, 15) is 9.90 Å². The number of aromatic nitrogens is 1. The summed E-state index contributed by atoms with van der Waals surface area (Å²) in [5, 5.41) is 9.37. The lowest BCUT2D eigenvalue weighted by Crippen LogP contribution is -2.34. The number of hydrogen-bond acceptors (Lipinski definition) is 4. The summed E-state index contributed by atoms with van der Waals surface area (Å²) in [6, 6.07) is 5.65. The second-order valence-corrected chi connectivity index (χ2v) is 5.07. The summed E-state index contributed by atoms with van der Waals surface area (Å²) in [4.78, 5) is 17.9. The maximum atomic E-state index is 11.4. The van der Waals surface area contributed by atoms with Crippen LogP contribution >= 0.6 is 0 Å². The lowest BCUT2D eigenvalue weighted by Gasteiger charge is -2.23. The van der Waals surface area contributed by atoms with E-state index in [1.807, 2.05) is 19.1 Å². The number of nitrogens with zero attached hydrogens (tertiary/aromatic N) is 2. The number of likely N-dealkylation sites (tertiary alicyclic amines) is 1. The van der Waals surface area contributed by atoms with E-state index in [0.29, 0.717) is 31.8 Å². The largest absolute Gasteiger partial charge is 0.481 e. The molecule has 0 aliphatic carbocycles. The van der Waals surface area contributed by atoms with Crippen molar-refractivity contribution < 1.29 is 14.6 Å². The predicted molar refractivity (Wildman–Crippen MR) is 71.0 cm³/mol. The molecule has 1 aromatic rings. The highest BCUT2D eigenvalue weighted by Gasteiger charge is 2.43. The number of hydrogen-bond donors (Lipinski definition) is 1. The van der Waals surface area contributed by atoms with Crippen molar-refractivity contribution in [3.8, 4) is 5.88 Å². The molecule has 0 bridgehead atoms. The molecule has 1 fully saturated rings. The summed E-state index contributed by atoms with van der Waals surface area (Å²) >= 11 is 0. The molecule has 1 N–H and O–H groups in total. The average molecular weight is 264 g/mol. The molecule has 1 atom stereocenters. The number of carbonyl (C=O) groups is 1. The molecule has 1 aromatic heterocycles. The minimum atomic E-state index is -0.684. The van der Waals surface area contributed by atoms with E-state index in [4.69, 9.17) is 4.74 Å². The molecule has 0 aromatic carbocycles. The predicted octanol–water partition coefficient (Wildman–Crippen LogP) is 1.78. The molecule has 104 valence electrons. The van der Waals surface area contributed by atoms with Gasteiger partial charge in [-0.2, -0.15) is 0 Å². The lowest BCUT2D eigenvalue weighted by molar-refractivity contribution is -0.148. The Bertz CT molecular complexity index is 464. The van der Waals surface area contributed by atoms with E-state index in [2.05, 4.69) is 9.88 Å². The van der Waals surface area contributed by atoms with Crippen LogP contribution in [-0.4, -0.2) is 41.2 Å². The fourth-order valence-electron chi connectivity index (χ4n) is 2.60. The maximum Gasteiger partial charge on any atom is 0.310 e. The van der Waals surface area contributed by atoms with Crippen molar-refractivity contribution in [3.63, 3.8) is 0 Å². The topological polar surface area (TPSA) is 62.7 Å². The van der Waals surface area contributed by atoms with E-state index in [0.717, 1.165) is 12.2 Å². The second-order valence-electron chi connectivity index (χ2n) is 5.07. The summed E-state index contributed by atoms with van der Waals surface area (Å²) in [6.07, 6.45) is 1.38. The Labute approximate surface area is 113 Å². The van der Waals surface area contributed by atoms with Gasteiger partial charge in [-0.15, -0.1) is 0 Å². The normalized spacial score (nSPS) is 23.5. The van der Waals surface area contributed by atoms with Gasteiger partial charge in [-0.3, -0.25) is 9.69 Å². The van der Waals surface area contributed by atoms with Crippen molar-refractivity contribution in [1.82, 2.24) is 9.88 Å². The molecule has 1 saturated heterocycles. The number of pyridine rings is 1. The van der Waals surface area contributed by atoms with Crippen molar-refractivity contribution in [2.75, 3.05) is 20.2 Å². The molecule has 0 spiro atoms. The average Bonchev–Trinajstić information content (AvgIpc) is 2.83. The van der Waals surface area contributed by atoms with Crippen LogP contribution in [-0.2, 0) is 11.3 Å². The third-order valence-corrected chi connectivity index (χ3v) is 3.94. The summed E-state index contributed by atoms with van der Waals surface area (Å²) in [7, 11) is 1.59. The van der Waals surface area contributed by atoms with Crippen molar-refractivity contribution in [3.05, 3.63) is 23.9 Å². The Morgan fingerprint density at radius 2 is 2.37 bits per heavy atom. The summed E-state index contributed by atoms with van der Waals surface area (Å²) < 4.78 is 5.10. The molecule has 1 aliphatic heterocycles. The highest BCUT2D eigenvalue weighted by Crippen LogP contribution is 2.34. The van der Waals surface area contributed by atoms with Gasteiger partial charge in [0.25, 0.3) is 0 Å². The lowest BCUT2D eigenvalue weighted by atomic mass is 9.84. The zero-order valence-corrected chi connectivity index (χ0v) is 11.4. The first-order valence-electron chi connectivity index (χ1n) is 6.55. The van der Waals surface area contributed by atoms with Gasteiger partial charge in [-0.05, 0) is 25.5 Å². The first-order valence-corrected chi connectivity index (χ1v) is 6.55. The molecule has 2 rings (SSSR count). The first-order chi connectivity index (χ1) is 9.09. The molecule has 0 amide bonds. The Kier molecular flexibility index (Phi) is 4.04. The van der Waals surface area contributed by atoms with Crippen molar-refractivity contribution >= 4 is 5.97 Å². The molecule has 1 aliphatic rings. The standard InChI is InChI=1S/C14H20N2O3/c1-3-14(13(17)18)7-8-16(10-14)9-11-5-4-6-12(15-11)19-2/h4-6H,3,7-10H2,1-2H3,(H,17,18). The van der Waals surface area contributed by atoms with Crippen LogP contribution in [0.1, 0.15) is 25.5 Å². The molecule has 5 nitrogen and oxygen atoms in total. The molecule has 0 radical (unpaired) electrons. The number of carboxylic acid groups (broad SMARTS) is 1. The quantitative estimate of drug-likeness (QED) is 0.878. The molecular formula is C14H20N2O3. The highest BCUT2D eigenvalue weighted by atomic mass is 16.5. The summed E-state index contributed by atoms with van der Waals surface area (Å²) in [5.74, 6) is -0.0900. The van der Waals surface area contributed by atoms with Crippen LogP contribution < -0.4 is 4.74 Å².